The monoisotopic (exact) mass is 542 g/mol. The summed E-state index contributed by atoms with van der Waals surface area (Å²) in [5.41, 5.74) is 4.91. The molecule has 36 heavy (non-hydrogen) atoms. The van der Waals surface area contributed by atoms with Crippen LogP contribution in [0.2, 0.25) is 10.0 Å². The van der Waals surface area contributed by atoms with Crippen molar-refractivity contribution in [1.82, 2.24) is 34.1 Å². The molecule has 0 saturated heterocycles. The lowest BCUT2D eigenvalue weighted by atomic mass is 10.2. The van der Waals surface area contributed by atoms with Crippen LogP contribution in [0.3, 0.4) is 0 Å². The van der Waals surface area contributed by atoms with Gasteiger partial charge < -0.3 is 10.8 Å². The number of pyridine rings is 1. The molecule has 11 nitrogen and oxygen atoms in total. The summed E-state index contributed by atoms with van der Waals surface area (Å²) in [5.74, 6) is -1.53. The summed E-state index contributed by atoms with van der Waals surface area (Å²) >= 11 is 12.0. The van der Waals surface area contributed by atoms with Gasteiger partial charge in [0.2, 0.25) is 5.82 Å². The van der Waals surface area contributed by atoms with Gasteiger partial charge in [-0.25, -0.2) is 19.1 Å². The van der Waals surface area contributed by atoms with Crippen LogP contribution in [0.15, 0.2) is 47.5 Å². The summed E-state index contributed by atoms with van der Waals surface area (Å²) in [5, 5.41) is 18.3. The number of aliphatic hydroxyl groups excluding tert-OH is 1. The van der Waals surface area contributed by atoms with E-state index in [0.29, 0.717) is 9.59 Å². The van der Waals surface area contributed by atoms with Crippen molar-refractivity contribution in [3.05, 3.63) is 74.9 Å². The molecule has 1 atom stereocenters. The normalized spacial score (nSPS) is 12.6. The fourth-order valence-corrected chi connectivity index (χ4v) is 3.55. The van der Waals surface area contributed by atoms with Gasteiger partial charge in [-0.3, -0.25) is 14.3 Å². The van der Waals surface area contributed by atoms with E-state index in [9.17, 15) is 27.9 Å². The summed E-state index contributed by atoms with van der Waals surface area (Å²) < 4.78 is 41.6. The Morgan fingerprint density at radius 3 is 2.44 bits per heavy atom. The Hall–Kier alpha value is -3.75. The van der Waals surface area contributed by atoms with Gasteiger partial charge in [0.15, 0.2) is 17.8 Å². The van der Waals surface area contributed by atoms with Gasteiger partial charge in [0, 0.05) is 23.0 Å². The molecular weight excluding hydrogens is 528 g/mol. The van der Waals surface area contributed by atoms with E-state index >= 15 is 0 Å². The third kappa shape index (κ3) is 5.10. The molecule has 0 aliphatic heterocycles. The molecule has 0 spiro atoms. The summed E-state index contributed by atoms with van der Waals surface area (Å²) in [4.78, 5) is 32.8. The van der Waals surface area contributed by atoms with Gasteiger partial charge >= 0.3 is 11.9 Å². The zero-order valence-electron chi connectivity index (χ0n) is 17.9. The second kappa shape index (κ2) is 9.72. The molecule has 3 heterocycles. The summed E-state index contributed by atoms with van der Waals surface area (Å²) in [6.07, 6.45) is -5.10. The minimum absolute atomic E-state index is 0.109. The fraction of sp³-hybridized carbons (Fsp3) is 0.200. The van der Waals surface area contributed by atoms with Crippen LogP contribution in [0.1, 0.15) is 16.4 Å². The van der Waals surface area contributed by atoms with Crippen molar-refractivity contribution in [2.45, 2.75) is 25.4 Å². The summed E-state index contributed by atoms with van der Waals surface area (Å²) in [7, 11) is 0. The number of benzene rings is 1. The smallest absolute Gasteiger partial charge is 0.382 e. The van der Waals surface area contributed by atoms with Crippen molar-refractivity contribution < 1.29 is 23.1 Å². The number of amides is 1. The van der Waals surface area contributed by atoms with E-state index in [-0.39, 0.29) is 33.7 Å². The van der Waals surface area contributed by atoms with E-state index in [1.54, 1.807) is 0 Å². The topological polar surface area (TPSA) is 147 Å². The standard InChI is InChI=1S/C20H15Cl2F3N8O3/c21-11-3-1-10(2-4-11)17-30-32(19(36)31(17)8-14(34)20(23,24)25)9-15-28-18(16(26)35)33(29-15)13-5-6-27-7-12(13)22/h1-7,14,34H,8-9H2,(H2,26,35)/t14-/m0/s1. The number of nitrogens with zero attached hydrogens (tertiary/aromatic N) is 7. The molecule has 1 aromatic carbocycles. The molecule has 0 unspecified atom stereocenters. The van der Waals surface area contributed by atoms with Crippen molar-refractivity contribution in [3.63, 3.8) is 0 Å². The molecule has 0 radical (unpaired) electrons. The molecule has 0 saturated carbocycles. The zero-order chi connectivity index (χ0) is 26.2. The molecule has 0 aliphatic carbocycles. The largest absolute Gasteiger partial charge is 0.416 e. The highest BCUT2D eigenvalue weighted by Gasteiger charge is 2.39. The number of aliphatic hydroxyl groups is 1. The average molecular weight is 543 g/mol. The van der Waals surface area contributed by atoms with Crippen molar-refractivity contribution in [1.29, 1.82) is 0 Å². The van der Waals surface area contributed by atoms with Crippen LogP contribution in [-0.4, -0.2) is 57.4 Å². The van der Waals surface area contributed by atoms with Crippen molar-refractivity contribution in [2.24, 2.45) is 5.73 Å². The van der Waals surface area contributed by atoms with Gasteiger partial charge in [-0.05, 0) is 30.3 Å². The molecule has 4 rings (SSSR count). The van der Waals surface area contributed by atoms with E-state index in [0.717, 1.165) is 9.36 Å². The maximum Gasteiger partial charge on any atom is 0.416 e. The Morgan fingerprint density at radius 1 is 1.14 bits per heavy atom. The average Bonchev–Trinajstić information content (AvgIpc) is 3.36. The molecule has 0 aliphatic rings. The van der Waals surface area contributed by atoms with E-state index in [2.05, 4.69) is 20.2 Å². The van der Waals surface area contributed by atoms with Gasteiger partial charge in [0.25, 0.3) is 5.91 Å². The number of alkyl halides is 3. The Kier molecular flexibility index (Phi) is 6.84. The molecule has 4 aromatic rings. The van der Waals surface area contributed by atoms with Gasteiger partial charge in [-0.15, -0.1) is 10.2 Å². The Morgan fingerprint density at radius 2 is 1.83 bits per heavy atom. The molecule has 0 fully saturated rings. The number of carbonyl (C=O) groups is 1. The number of nitrogens with two attached hydrogens (primary N) is 1. The number of carbonyl (C=O) groups excluding carboxylic acids is 1. The highest BCUT2D eigenvalue weighted by atomic mass is 35.5. The van der Waals surface area contributed by atoms with Crippen molar-refractivity contribution >= 4 is 29.1 Å². The second-order valence-corrected chi connectivity index (χ2v) is 8.24. The third-order valence-corrected chi connectivity index (χ3v) is 5.44. The van der Waals surface area contributed by atoms with Crippen LogP contribution in [0.4, 0.5) is 13.2 Å². The summed E-state index contributed by atoms with van der Waals surface area (Å²) in [6, 6.07) is 7.28. The second-order valence-electron chi connectivity index (χ2n) is 7.39. The van der Waals surface area contributed by atoms with Crippen molar-refractivity contribution in [3.8, 4) is 17.1 Å². The van der Waals surface area contributed by atoms with Gasteiger partial charge in [-0.2, -0.15) is 13.2 Å². The molecule has 188 valence electrons. The number of hydrogen-bond donors (Lipinski definition) is 2. The lowest BCUT2D eigenvalue weighted by molar-refractivity contribution is -0.207. The number of aromatic nitrogens is 7. The van der Waals surface area contributed by atoms with Crippen LogP contribution >= 0.6 is 23.2 Å². The molecular formula is C20H15Cl2F3N8O3. The van der Waals surface area contributed by atoms with Gasteiger partial charge in [-0.1, -0.05) is 23.2 Å². The number of halogens is 5. The van der Waals surface area contributed by atoms with Crippen LogP contribution < -0.4 is 11.4 Å². The maximum atomic E-state index is 13.0. The lowest BCUT2D eigenvalue weighted by Gasteiger charge is -2.15. The predicted molar refractivity (Wildman–Crippen MR) is 121 cm³/mol. The van der Waals surface area contributed by atoms with E-state index in [1.807, 2.05) is 0 Å². The first-order valence-corrected chi connectivity index (χ1v) is 10.7. The molecule has 3 aromatic heterocycles. The third-order valence-electron chi connectivity index (χ3n) is 4.90. The Balaban J connectivity index is 1.78. The predicted octanol–water partition coefficient (Wildman–Crippen LogP) is 2.06. The number of rotatable bonds is 7. The molecule has 1 amide bonds. The van der Waals surface area contributed by atoms with Crippen LogP contribution in [0, 0.1) is 0 Å². The Labute approximate surface area is 209 Å². The van der Waals surface area contributed by atoms with Crippen molar-refractivity contribution in [2.75, 3.05) is 0 Å². The summed E-state index contributed by atoms with van der Waals surface area (Å²) in [6.45, 7) is -1.55. The first kappa shape index (κ1) is 25.3. The quantitative estimate of drug-likeness (QED) is 0.363. The van der Waals surface area contributed by atoms with E-state index in [1.165, 1.54) is 42.7 Å². The van der Waals surface area contributed by atoms with Crippen LogP contribution in [-0.2, 0) is 13.1 Å². The SMILES string of the molecule is NC(=O)c1nc(Cn2nc(-c3ccc(Cl)cc3)n(C[C@H](O)C(F)(F)F)c2=O)nn1-c1ccncc1Cl. The molecule has 3 N–H and O–H groups in total. The minimum atomic E-state index is -4.97. The minimum Gasteiger partial charge on any atom is -0.382 e. The number of primary amides is 1. The van der Waals surface area contributed by atoms with Gasteiger partial charge in [0.05, 0.1) is 17.3 Å². The highest BCUT2D eigenvalue weighted by Crippen LogP contribution is 2.24. The fourth-order valence-electron chi connectivity index (χ4n) is 3.22. The lowest BCUT2D eigenvalue weighted by Crippen LogP contribution is -2.37. The zero-order valence-corrected chi connectivity index (χ0v) is 19.4. The maximum absolute atomic E-state index is 13.0. The highest BCUT2D eigenvalue weighted by molar-refractivity contribution is 6.32. The van der Waals surface area contributed by atoms with Crippen LogP contribution in [0.25, 0.3) is 17.1 Å². The van der Waals surface area contributed by atoms with Crippen LogP contribution in [0.5, 0.6) is 0 Å². The van der Waals surface area contributed by atoms with E-state index in [4.69, 9.17) is 28.9 Å². The molecule has 16 heteroatoms. The van der Waals surface area contributed by atoms with E-state index < -0.39 is 37.0 Å². The first-order chi connectivity index (χ1) is 17.0. The Bertz CT molecular complexity index is 1480. The number of hydrogen-bond acceptors (Lipinski definition) is 7. The van der Waals surface area contributed by atoms with Gasteiger partial charge in [0.1, 0.15) is 6.54 Å². The molecule has 0 bridgehead atoms. The first-order valence-electron chi connectivity index (χ1n) is 9.99.